The Morgan fingerprint density at radius 1 is 0.900 bits per heavy atom. The highest BCUT2D eigenvalue weighted by Gasteiger charge is 2.40. The molecule has 0 aromatic heterocycles. The van der Waals surface area contributed by atoms with Crippen LogP contribution < -0.4 is 0 Å². The van der Waals surface area contributed by atoms with E-state index in [4.69, 9.17) is 9.47 Å². The van der Waals surface area contributed by atoms with E-state index in [1.165, 1.54) is 51.4 Å². The Bertz CT molecular complexity index is 261. The molecule has 2 fully saturated rings. The zero-order chi connectivity index (χ0) is 14.4. The summed E-state index contributed by atoms with van der Waals surface area (Å²) in [4.78, 5) is 0. The standard InChI is InChI=1S/C18H34O2/c1-4-6-8-17-19-13-18(3,14-20-17)16-11-9-15(7-5-2)10-12-16/h15-17H,4-14H2,1-3H3/t15?,16?,17-,18+. The average molecular weight is 282 g/mol. The molecule has 1 aliphatic carbocycles. The van der Waals surface area contributed by atoms with Crippen LogP contribution in [-0.4, -0.2) is 19.5 Å². The molecule has 0 atom stereocenters. The van der Waals surface area contributed by atoms with Crippen LogP contribution >= 0.6 is 0 Å². The number of rotatable bonds is 6. The van der Waals surface area contributed by atoms with Crippen molar-refractivity contribution in [3.63, 3.8) is 0 Å². The van der Waals surface area contributed by atoms with E-state index in [9.17, 15) is 0 Å². The second kappa shape index (κ2) is 7.79. The Hall–Kier alpha value is -0.0800. The lowest BCUT2D eigenvalue weighted by Crippen LogP contribution is -2.45. The van der Waals surface area contributed by atoms with Crippen LogP contribution in [0, 0.1) is 17.3 Å². The van der Waals surface area contributed by atoms with Crippen molar-refractivity contribution < 1.29 is 9.47 Å². The van der Waals surface area contributed by atoms with Crippen molar-refractivity contribution >= 4 is 0 Å². The van der Waals surface area contributed by atoms with E-state index < -0.39 is 0 Å². The van der Waals surface area contributed by atoms with Crippen molar-refractivity contribution in [2.75, 3.05) is 13.2 Å². The molecule has 1 saturated heterocycles. The summed E-state index contributed by atoms with van der Waals surface area (Å²) in [6.45, 7) is 8.73. The summed E-state index contributed by atoms with van der Waals surface area (Å²) in [5, 5.41) is 0. The van der Waals surface area contributed by atoms with Gasteiger partial charge in [-0.25, -0.2) is 0 Å². The van der Waals surface area contributed by atoms with Gasteiger partial charge >= 0.3 is 0 Å². The van der Waals surface area contributed by atoms with E-state index in [1.807, 2.05) is 0 Å². The molecule has 0 bridgehead atoms. The molecule has 20 heavy (non-hydrogen) atoms. The van der Waals surface area contributed by atoms with Crippen LogP contribution in [0.2, 0.25) is 0 Å². The minimum atomic E-state index is 0.0689. The molecular formula is C18H34O2. The first-order valence-corrected chi connectivity index (χ1v) is 8.91. The Morgan fingerprint density at radius 3 is 2.10 bits per heavy atom. The van der Waals surface area contributed by atoms with Crippen LogP contribution in [0.5, 0.6) is 0 Å². The molecule has 0 unspecified atom stereocenters. The average Bonchev–Trinajstić information content (AvgIpc) is 2.48. The van der Waals surface area contributed by atoms with Gasteiger partial charge in [0.1, 0.15) is 0 Å². The molecule has 0 N–H and O–H groups in total. The lowest BCUT2D eigenvalue weighted by Gasteiger charge is -2.45. The van der Waals surface area contributed by atoms with Gasteiger partial charge in [-0.15, -0.1) is 0 Å². The molecule has 0 radical (unpaired) electrons. The van der Waals surface area contributed by atoms with Gasteiger partial charge in [-0.1, -0.05) is 52.9 Å². The van der Waals surface area contributed by atoms with Crippen molar-refractivity contribution in [1.82, 2.24) is 0 Å². The summed E-state index contributed by atoms with van der Waals surface area (Å²) < 4.78 is 12.0. The van der Waals surface area contributed by atoms with E-state index in [2.05, 4.69) is 20.8 Å². The maximum absolute atomic E-state index is 6.00. The normalized spacial score (nSPS) is 38.9. The Labute approximate surface area is 125 Å². The van der Waals surface area contributed by atoms with Crippen molar-refractivity contribution in [3.8, 4) is 0 Å². The lowest BCUT2D eigenvalue weighted by molar-refractivity contribution is -0.241. The summed E-state index contributed by atoms with van der Waals surface area (Å²) in [6.07, 6.45) is 12.0. The Morgan fingerprint density at radius 2 is 1.55 bits per heavy atom. The Kier molecular flexibility index (Phi) is 6.35. The molecule has 1 saturated carbocycles. The fourth-order valence-corrected chi connectivity index (χ4v) is 3.99. The zero-order valence-electron chi connectivity index (χ0n) is 13.8. The molecule has 2 heteroatoms. The number of hydrogen-bond acceptors (Lipinski definition) is 2. The van der Waals surface area contributed by atoms with Gasteiger partial charge in [0.2, 0.25) is 0 Å². The third-order valence-corrected chi connectivity index (χ3v) is 5.52. The summed E-state index contributed by atoms with van der Waals surface area (Å²) in [7, 11) is 0. The van der Waals surface area contributed by atoms with Gasteiger partial charge in [0.25, 0.3) is 0 Å². The molecule has 1 heterocycles. The Balaban J connectivity index is 1.76. The molecule has 118 valence electrons. The minimum absolute atomic E-state index is 0.0689. The highest BCUT2D eigenvalue weighted by molar-refractivity contribution is 4.88. The fourth-order valence-electron chi connectivity index (χ4n) is 3.99. The first-order valence-electron chi connectivity index (χ1n) is 8.91. The van der Waals surface area contributed by atoms with Crippen LogP contribution in [0.25, 0.3) is 0 Å². The van der Waals surface area contributed by atoms with E-state index >= 15 is 0 Å². The lowest BCUT2D eigenvalue weighted by atomic mass is 9.67. The predicted molar refractivity (Wildman–Crippen MR) is 83.7 cm³/mol. The van der Waals surface area contributed by atoms with Gasteiger partial charge in [0.15, 0.2) is 6.29 Å². The van der Waals surface area contributed by atoms with E-state index in [0.29, 0.717) is 0 Å². The molecule has 1 aliphatic heterocycles. The maximum atomic E-state index is 6.00. The van der Waals surface area contributed by atoms with E-state index in [0.717, 1.165) is 31.5 Å². The van der Waals surface area contributed by atoms with E-state index in [-0.39, 0.29) is 11.7 Å². The predicted octanol–water partition coefficient (Wildman–Crippen LogP) is 5.16. The van der Waals surface area contributed by atoms with E-state index in [1.54, 1.807) is 0 Å². The summed E-state index contributed by atoms with van der Waals surface area (Å²) in [5.74, 6) is 1.80. The van der Waals surface area contributed by atoms with Gasteiger partial charge in [-0.3, -0.25) is 0 Å². The highest BCUT2D eigenvalue weighted by atomic mass is 16.7. The summed E-state index contributed by atoms with van der Waals surface area (Å²) >= 11 is 0. The van der Waals surface area contributed by atoms with Crippen molar-refractivity contribution in [2.45, 2.75) is 84.8 Å². The molecule has 0 aromatic rings. The SMILES string of the molecule is CCCC[C@H]1OC[C@@](C)(C2CCC(CCC)CC2)CO1. The number of ether oxygens (including phenoxy) is 2. The second-order valence-electron chi connectivity index (χ2n) is 7.35. The smallest absolute Gasteiger partial charge is 0.157 e. The number of hydrogen-bond donors (Lipinski definition) is 0. The molecule has 0 amide bonds. The topological polar surface area (TPSA) is 18.5 Å². The van der Waals surface area contributed by atoms with Gasteiger partial charge in [-0.2, -0.15) is 0 Å². The third-order valence-electron chi connectivity index (χ3n) is 5.52. The van der Waals surface area contributed by atoms with Crippen LogP contribution in [0.1, 0.15) is 78.6 Å². The van der Waals surface area contributed by atoms with Gasteiger partial charge in [0.05, 0.1) is 13.2 Å². The number of unbranched alkanes of at least 4 members (excludes halogenated alkanes) is 1. The van der Waals surface area contributed by atoms with Crippen molar-refractivity contribution in [2.24, 2.45) is 17.3 Å². The van der Waals surface area contributed by atoms with Crippen LogP contribution in [-0.2, 0) is 9.47 Å². The molecule has 2 aliphatic rings. The first kappa shape index (κ1) is 16.3. The molecule has 2 nitrogen and oxygen atoms in total. The highest BCUT2D eigenvalue weighted by Crippen LogP contribution is 2.43. The first-order chi connectivity index (χ1) is 9.68. The third kappa shape index (κ3) is 4.21. The fraction of sp³-hybridized carbons (Fsp3) is 1.00. The monoisotopic (exact) mass is 282 g/mol. The quantitative estimate of drug-likeness (QED) is 0.669. The molecular weight excluding hydrogens is 248 g/mol. The van der Waals surface area contributed by atoms with Crippen LogP contribution in [0.3, 0.4) is 0 Å². The van der Waals surface area contributed by atoms with Gasteiger partial charge in [-0.05, 0) is 37.5 Å². The second-order valence-corrected chi connectivity index (χ2v) is 7.35. The summed E-state index contributed by atoms with van der Waals surface area (Å²) in [5.41, 5.74) is 0.264. The largest absolute Gasteiger partial charge is 0.352 e. The summed E-state index contributed by atoms with van der Waals surface area (Å²) in [6, 6.07) is 0. The van der Waals surface area contributed by atoms with Crippen molar-refractivity contribution in [1.29, 1.82) is 0 Å². The molecule has 2 rings (SSSR count). The molecule has 0 spiro atoms. The maximum Gasteiger partial charge on any atom is 0.157 e. The minimum Gasteiger partial charge on any atom is -0.352 e. The zero-order valence-corrected chi connectivity index (χ0v) is 13.8. The van der Waals surface area contributed by atoms with Gasteiger partial charge < -0.3 is 9.47 Å². The van der Waals surface area contributed by atoms with Crippen LogP contribution in [0.4, 0.5) is 0 Å². The van der Waals surface area contributed by atoms with Crippen LogP contribution in [0.15, 0.2) is 0 Å². The molecule has 0 aromatic carbocycles. The van der Waals surface area contributed by atoms with Gasteiger partial charge in [0, 0.05) is 5.41 Å². The van der Waals surface area contributed by atoms with Crippen molar-refractivity contribution in [3.05, 3.63) is 0 Å².